The summed E-state index contributed by atoms with van der Waals surface area (Å²) in [5.74, 6) is -4.06. The first-order valence-electron chi connectivity index (χ1n) is 19.3. The summed E-state index contributed by atoms with van der Waals surface area (Å²) in [5.41, 5.74) is 7.51. The van der Waals surface area contributed by atoms with E-state index in [0.29, 0.717) is 30.9 Å². The number of urea groups is 1. The van der Waals surface area contributed by atoms with Gasteiger partial charge < -0.3 is 27.0 Å². The highest BCUT2D eigenvalue weighted by molar-refractivity contribution is 8.00. The van der Waals surface area contributed by atoms with Crippen LogP contribution in [-0.2, 0) is 29.3 Å². The molecule has 2 aliphatic heterocycles. The highest BCUT2D eigenvalue weighted by Crippen LogP contribution is 2.33. The average molecular weight is 854 g/mol. The SMILES string of the molecule is Cc1ccc(S(=O)(=O)CC(CS(=O)(=O)c2ccc(C)cc2)C(=O)c2ccc(C(=O)NCCCCC(NC(=O)CCCCC3SCC4NC(=O)NC43)C(N)=O)cc2)cc1. The molecule has 0 saturated carbocycles. The molecule has 58 heavy (non-hydrogen) atoms. The zero-order chi connectivity index (χ0) is 42.0. The molecule has 0 aromatic heterocycles. The minimum Gasteiger partial charge on any atom is -0.368 e. The van der Waals surface area contributed by atoms with E-state index in [0.717, 1.165) is 29.7 Å². The number of sulfone groups is 2. The minimum atomic E-state index is -4.06. The zero-order valence-corrected chi connectivity index (χ0v) is 35.0. The second kappa shape index (κ2) is 19.8. The van der Waals surface area contributed by atoms with Gasteiger partial charge in [-0.2, -0.15) is 11.8 Å². The molecule has 2 aliphatic rings. The van der Waals surface area contributed by atoms with Gasteiger partial charge in [0.1, 0.15) is 6.04 Å². The van der Waals surface area contributed by atoms with Crippen molar-refractivity contribution in [1.82, 2.24) is 21.3 Å². The largest absolute Gasteiger partial charge is 0.368 e. The predicted molar refractivity (Wildman–Crippen MR) is 222 cm³/mol. The maximum Gasteiger partial charge on any atom is 0.315 e. The van der Waals surface area contributed by atoms with Gasteiger partial charge in [-0.1, -0.05) is 53.9 Å². The first kappa shape index (κ1) is 44.4. The summed E-state index contributed by atoms with van der Waals surface area (Å²) in [7, 11) is -8.13. The quantitative estimate of drug-likeness (QED) is 0.0594. The number of aryl methyl sites for hydroxylation is 2. The van der Waals surface area contributed by atoms with Gasteiger partial charge in [0.2, 0.25) is 11.8 Å². The van der Waals surface area contributed by atoms with Crippen LogP contribution in [0.5, 0.6) is 0 Å². The summed E-state index contributed by atoms with van der Waals surface area (Å²) in [6, 6.07) is 17.1. The number of carbonyl (C=O) groups excluding carboxylic acids is 5. The topological polar surface area (TPSA) is 228 Å². The molecule has 3 aromatic carbocycles. The number of nitrogens with one attached hydrogen (secondary N) is 4. The van der Waals surface area contributed by atoms with Gasteiger partial charge in [-0.25, -0.2) is 21.6 Å². The third-order valence-electron chi connectivity index (χ3n) is 10.4. The van der Waals surface area contributed by atoms with Crippen molar-refractivity contribution in [2.45, 2.75) is 92.0 Å². The molecule has 0 radical (unpaired) electrons. The Morgan fingerprint density at radius 1 is 0.776 bits per heavy atom. The summed E-state index contributed by atoms with van der Waals surface area (Å²) in [4.78, 5) is 62.9. The van der Waals surface area contributed by atoms with E-state index in [1.165, 1.54) is 48.5 Å². The number of ketones is 1. The summed E-state index contributed by atoms with van der Waals surface area (Å²) in [6.45, 7) is 3.86. The van der Waals surface area contributed by atoms with Crippen molar-refractivity contribution < 1.29 is 40.8 Å². The zero-order valence-electron chi connectivity index (χ0n) is 32.6. The van der Waals surface area contributed by atoms with Gasteiger partial charge in [0.25, 0.3) is 5.91 Å². The van der Waals surface area contributed by atoms with Gasteiger partial charge in [0.15, 0.2) is 25.5 Å². The van der Waals surface area contributed by atoms with Crippen molar-refractivity contribution >= 4 is 61.0 Å². The van der Waals surface area contributed by atoms with Gasteiger partial charge >= 0.3 is 6.03 Å². The second-order valence-corrected chi connectivity index (χ2v) is 20.3. The standard InChI is InChI=1S/C41H51N5O9S3/c1-26-10-18-31(19-11-26)57(52,53)24-30(25-58(54,55)32-20-12-27(2)13-21-32)38(48)28-14-16-29(17-15-28)40(50)43-22-6-5-7-33(39(42)49)44-36(47)9-4-3-8-35-37-34(23-56-35)45-41(51)46-37/h10-21,30,33-35,37H,3-9,22-25H2,1-2H3,(H2,42,49)(H,43,50)(H,44,47)(H2,45,46,51). The van der Waals surface area contributed by atoms with Gasteiger partial charge in [-0.05, 0) is 82.3 Å². The molecule has 5 amide bonds. The highest BCUT2D eigenvalue weighted by atomic mass is 32.2. The summed E-state index contributed by atoms with van der Waals surface area (Å²) < 4.78 is 53.7. The maximum atomic E-state index is 13.8. The van der Waals surface area contributed by atoms with E-state index < -0.39 is 60.7 Å². The highest BCUT2D eigenvalue weighted by Gasteiger charge is 2.42. The fourth-order valence-corrected chi connectivity index (χ4v) is 11.8. The van der Waals surface area contributed by atoms with Crippen molar-refractivity contribution in [1.29, 1.82) is 0 Å². The Labute approximate surface area is 344 Å². The third kappa shape index (κ3) is 12.1. The lowest BCUT2D eigenvalue weighted by molar-refractivity contribution is -0.127. The number of hydrogen-bond donors (Lipinski definition) is 5. The number of nitrogens with two attached hydrogens (primary N) is 1. The van der Waals surface area contributed by atoms with Crippen molar-refractivity contribution in [2.75, 3.05) is 23.8 Å². The van der Waals surface area contributed by atoms with Gasteiger partial charge in [-0.3, -0.25) is 19.2 Å². The first-order chi connectivity index (χ1) is 27.5. The van der Waals surface area contributed by atoms with Crippen LogP contribution < -0.4 is 27.0 Å². The van der Waals surface area contributed by atoms with Crippen LogP contribution in [0.4, 0.5) is 4.79 Å². The second-order valence-electron chi connectivity index (χ2n) is 15.0. The number of thioether (sulfide) groups is 1. The predicted octanol–water partition coefficient (Wildman–Crippen LogP) is 3.65. The fourth-order valence-electron chi connectivity index (χ4n) is 7.04. The van der Waals surface area contributed by atoms with Crippen molar-refractivity contribution in [2.24, 2.45) is 11.7 Å². The molecule has 0 spiro atoms. The maximum absolute atomic E-state index is 13.8. The number of unbranched alkanes of at least 4 members (excludes halogenated alkanes) is 2. The van der Waals surface area contributed by atoms with E-state index in [1.807, 2.05) is 11.8 Å². The normalized spacial score (nSPS) is 18.2. The molecule has 2 fully saturated rings. The molecule has 0 bridgehead atoms. The Hall–Kier alpha value is -4.74. The number of benzene rings is 3. The van der Waals surface area contributed by atoms with Crippen LogP contribution in [0, 0.1) is 19.8 Å². The Bertz CT molecular complexity index is 2100. The number of rotatable bonds is 21. The number of hydrogen-bond acceptors (Lipinski definition) is 10. The molecule has 6 N–H and O–H groups in total. The number of carbonyl (C=O) groups is 5. The molecule has 0 aliphatic carbocycles. The van der Waals surface area contributed by atoms with E-state index in [1.54, 1.807) is 38.1 Å². The van der Waals surface area contributed by atoms with E-state index in [9.17, 15) is 40.8 Å². The molecule has 2 saturated heterocycles. The van der Waals surface area contributed by atoms with Gasteiger partial charge in [0.05, 0.1) is 39.3 Å². The molecule has 4 unspecified atom stereocenters. The molecular weight excluding hydrogens is 803 g/mol. The van der Waals surface area contributed by atoms with Gasteiger partial charge in [-0.15, -0.1) is 0 Å². The molecule has 17 heteroatoms. The molecule has 4 atom stereocenters. The minimum absolute atomic E-state index is 0.0233. The Morgan fingerprint density at radius 3 is 1.91 bits per heavy atom. The number of amides is 5. The third-order valence-corrected chi connectivity index (χ3v) is 15.5. The van der Waals surface area contributed by atoms with E-state index in [-0.39, 0.29) is 57.9 Å². The summed E-state index contributed by atoms with van der Waals surface area (Å²) >= 11 is 1.82. The van der Waals surface area contributed by atoms with E-state index >= 15 is 0 Å². The smallest absolute Gasteiger partial charge is 0.315 e. The molecule has 2 heterocycles. The summed E-state index contributed by atoms with van der Waals surface area (Å²) in [6.07, 6.45) is 3.84. The van der Waals surface area contributed by atoms with Crippen LogP contribution in [0.15, 0.2) is 82.6 Å². The van der Waals surface area contributed by atoms with E-state index in [4.69, 9.17) is 5.73 Å². The lowest BCUT2D eigenvalue weighted by Crippen LogP contribution is -2.44. The Kier molecular flexibility index (Phi) is 15.2. The summed E-state index contributed by atoms with van der Waals surface area (Å²) in [5, 5.41) is 11.7. The molecular formula is C41H51N5O9S3. The van der Waals surface area contributed by atoms with E-state index in [2.05, 4.69) is 21.3 Å². The monoisotopic (exact) mass is 853 g/mol. The molecule has 5 rings (SSSR count). The van der Waals surface area contributed by atoms with Gasteiger partial charge in [0, 0.05) is 35.1 Å². The van der Waals surface area contributed by atoms with Crippen LogP contribution in [0.3, 0.4) is 0 Å². The van der Waals surface area contributed by atoms with Crippen LogP contribution in [-0.4, -0.2) is 93.6 Å². The lowest BCUT2D eigenvalue weighted by Gasteiger charge is -2.17. The number of primary amides is 1. The molecule has 14 nitrogen and oxygen atoms in total. The fraction of sp³-hybridized carbons (Fsp3) is 0.439. The average Bonchev–Trinajstić information content (AvgIpc) is 3.74. The van der Waals surface area contributed by atoms with Crippen LogP contribution >= 0.6 is 11.8 Å². The van der Waals surface area contributed by atoms with Crippen LogP contribution in [0.25, 0.3) is 0 Å². The Morgan fingerprint density at radius 2 is 1.34 bits per heavy atom. The molecule has 312 valence electrons. The lowest BCUT2D eigenvalue weighted by atomic mass is 9.99. The first-order valence-corrected chi connectivity index (χ1v) is 23.7. The van der Waals surface area contributed by atoms with Crippen LogP contribution in [0.1, 0.15) is 76.8 Å². The Balaban J connectivity index is 1.09. The number of Topliss-reactive ketones (excluding diaryl/α,β-unsaturated/α-hetero) is 1. The number of fused-ring (bicyclic) bond motifs is 1. The van der Waals surface area contributed by atoms with Crippen molar-refractivity contribution in [3.8, 4) is 0 Å². The van der Waals surface area contributed by atoms with Crippen molar-refractivity contribution in [3.63, 3.8) is 0 Å². The van der Waals surface area contributed by atoms with Crippen molar-refractivity contribution in [3.05, 3.63) is 95.1 Å². The van der Waals surface area contributed by atoms with Crippen LogP contribution in [0.2, 0.25) is 0 Å². The molecule has 3 aromatic rings.